The summed E-state index contributed by atoms with van der Waals surface area (Å²) in [5.74, 6) is 0. The fraction of sp³-hybridized carbons (Fsp3) is 0.600. The number of carbonyl (C=O) groups is 2. The molecule has 56 valence electrons. The van der Waals surface area contributed by atoms with Crippen molar-refractivity contribution in [2.75, 3.05) is 20.1 Å². The zero-order chi connectivity index (χ0) is 7.56. The second-order valence-corrected chi connectivity index (χ2v) is 2.03. The van der Waals surface area contributed by atoms with Crippen LogP contribution in [0, 0.1) is 0 Å². The molecule has 1 aliphatic rings. The predicted molar refractivity (Wildman–Crippen MR) is 33.9 cm³/mol. The van der Waals surface area contributed by atoms with Gasteiger partial charge in [0.05, 0.1) is 6.54 Å². The highest BCUT2D eigenvalue weighted by molar-refractivity contribution is 5.77. The maximum Gasteiger partial charge on any atom is 0.336 e. The minimum atomic E-state index is -0.213. The molecule has 0 atom stereocenters. The van der Waals surface area contributed by atoms with Crippen LogP contribution in [0.2, 0.25) is 0 Å². The molecule has 0 spiro atoms. The molecule has 0 aromatic heterocycles. The van der Waals surface area contributed by atoms with Crippen LogP contribution in [0.15, 0.2) is 0 Å². The van der Waals surface area contributed by atoms with Gasteiger partial charge in [-0.3, -0.25) is 9.80 Å². The van der Waals surface area contributed by atoms with Crippen molar-refractivity contribution >= 4 is 12.4 Å². The van der Waals surface area contributed by atoms with Crippen LogP contribution in [-0.4, -0.2) is 42.6 Å². The first-order chi connectivity index (χ1) is 4.75. The molecule has 0 aromatic rings. The molecule has 0 unspecified atom stereocenters. The Morgan fingerprint density at radius 2 is 2.50 bits per heavy atom. The summed E-state index contributed by atoms with van der Waals surface area (Å²) in [5.41, 5.74) is 0. The number of rotatable bonds is 2. The Morgan fingerprint density at radius 3 is 2.90 bits per heavy atom. The fourth-order valence-corrected chi connectivity index (χ4v) is 0.819. The monoisotopic (exact) mass is 143 g/mol. The van der Waals surface area contributed by atoms with Gasteiger partial charge in [0.15, 0.2) is 0 Å². The summed E-state index contributed by atoms with van der Waals surface area (Å²) in [6.07, 6.45) is 0.602. The molecule has 5 nitrogen and oxygen atoms in total. The number of carbonyl (C=O) groups excluding carboxylic acids is 2. The van der Waals surface area contributed by atoms with Crippen molar-refractivity contribution in [1.82, 2.24) is 15.3 Å². The number of nitrogens with zero attached hydrogens (tertiary/aromatic N) is 2. The van der Waals surface area contributed by atoms with Gasteiger partial charge in [0.25, 0.3) is 0 Å². The molecule has 1 heterocycles. The van der Waals surface area contributed by atoms with Crippen LogP contribution < -0.4 is 5.32 Å². The van der Waals surface area contributed by atoms with Crippen LogP contribution in [0.4, 0.5) is 4.79 Å². The zero-order valence-corrected chi connectivity index (χ0v) is 5.70. The minimum absolute atomic E-state index is 0.213. The Labute approximate surface area is 58.6 Å². The molecule has 1 fully saturated rings. The quantitative estimate of drug-likeness (QED) is 0.505. The van der Waals surface area contributed by atoms with E-state index >= 15 is 0 Å². The summed E-state index contributed by atoms with van der Waals surface area (Å²) in [6.45, 7) is 1.17. The highest BCUT2D eigenvalue weighted by Gasteiger charge is 2.21. The van der Waals surface area contributed by atoms with Gasteiger partial charge in [-0.1, -0.05) is 0 Å². The fourth-order valence-electron chi connectivity index (χ4n) is 0.819. The van der Waals surface area contributed by atoms with Gasteiger partial charge in [0.1, 0.15) is 0 Å². The van der Waals surface area contributed by atoms with Gasteiger partial charge in [0, 0.05) is 13.6 Å². The van der Waals surface area contributed by atoms with Crippen molar-refractivity contribution in [3.63, 3.8) is 0 Å². The van der Waals surface area contributed by atoms with Crippen LogP contribution in [0.25, 0.3) is 0 Å². The van der Waals surface area contributed by atoms with Gasteiger partial charge in [-0.15, -0.1) is 0 Å². The lowest BCUT2D eigenvalue weighted by atomic mass is 10.7. The second-order valence-electron chi connectivity index (χ2n) is 2.03. The summed E-state index contributed by atoms with van der Waals surface area (Å²) in [4.78, 5) is 20.9. The molecule has 3 amide bonds. The third-order valence-electron chi connectivity index (χ3n) is 1.37. The van der Waals surface area contributed by atoms with E-state index in [-0.39, 0.29) is 6.03 Å². The van der Waals surface area contributed by atoms with E-state index < -0.39 is 0 Å². The number of amides is 3. The third kappa shape index (κ3) is 1.02. The molecule has 0 saturated carbocycles. The van der Waals surface area contributed by atoms with Gasteiger partial charge in [-0.05, 0) is 0 Å². The maximum absolute atomic E-state index is 10.8. The molecule has 0 aliphatic carbocycles. The average Bonchev–Trinajstić information content (AvgIpc) is 2.34. The smallest absolute Gasteiger partial charge is 0.335 e. The summed E-state index contributed by atoms with van der Waals surface area (Å²) < 4.78 is 0. The van der Waals surface area contributed by atoms with Crippen LogP contribution in [0.1, 0.15) is 0 Å². The summed E-state index contributed by atoms with van der Waals surface area (Å²) >= 11 is 0. The Hall–Kier alpha value is -1.26. The summed E-state index contributed by atoms with van der Waals surface area (Å²) in [5, 5.41) is 5.14. The van der Waals surface area contributed by atoms with Crippen molar-refractivity contribution in [2.45, 2.75) is 0 Å². The van der Waals surface area contributed by atoms with E-state index in [9.17, 15) is 9.59 Å². The SMILES string of the molecule is CN(C=O)N1CCNC1=O. The van der Waals surface area contributed by atoms with Crippen molar-refractivity contribution in [3.8, 4) is 0 Å². The third-order valence-corrected chi connectivity index (χ3v) is 1.37. The number of hydrazine groups is 1. The molecule has 1 N–H and O–H groups in total. The van der Waals surface area contributed by atoms with E-state index in [2.05, 4.69) is 5.32 Å². The van der Waals surface area contributed by atoms with Crippen LogP contribution in [-0.2, 0) is 4.79 Å². The molecule has 0 radical (unpaired) electrons. The van der Waals surface area contributed by atoms with Gasteiger partial charge in [-0.25, -0.2) is 9.80 Å². The summed E-state index contributed by atoms with van der Waals surface area (Å²) in [6, 6.07) is -0.213. The number of nitrogens with one attached hydrogen (secondary N) is 1. The molecule has 1 rings (SSSR count). The topological polar surface area (TPSA) is 52.7 Å². The average molecular weight is 143 g/mol. The number of hydrogen-bond acceptors (Lipinski definition) is 2. The lowest BCUT2D eigenvalue weighted by Crippen LogP contribution is -2.41. The molecule has 1 saturated heterocycles. The first-order valence-electron chi connectivity index (χ1n) is 2.99. The lowest BCUT2D eigenvalue weighted by Gasteiger charge is -2.21. The van der Waals surface area contributed by atoms with Crippen molar-refractivity contribution < 1.29 is 9.59 Å². The van der Waals surface area contributed by atoms with E-state index in [1.54, 1.807) is 0 Å². The Morgan fingerprint density at radius 1 is 1.80 bits per heavy atom. The van der Waals surface area contributed by atoms with Crippen LogP contribution in [0.5, 0.6) is 0 Å². The maximum atomic E-state index is 10.8. The highest BCUT2D eigenvalue weighted by Crippen LogP contribution is 1.97. The highest BCUT2D eigenvalue weighted by atomic mass is 16.2. The molecule has 1 aliphatic heterocycles. The normalized spacial score (nSPS) is 16.9. The summed E-state index contributed by atoms with van der Waals surface area (Å²) in [7, 11) is 1.54. The second kappa shape index (κ2) is 2.55. The van der Waals surface area contributed by atoms with Gasteiger partial charge in [0.2, 0.25) is 6.41 Å². The van der Waals surface area contributed by atoms with E-state index in [1.807, 2.05) is 0 Å². The molecule has 5 heteroatoms. The van der Waals surface area contributed by atoms with E-state index in [1.165, 1.54) is 17.1 Å². The van der Waals surface area contributed by atoms with Crippen molar-refractivity contribution in [2.24, 2.45) is 0 Å². The Balaban J connectivity index is 2.54. The Kier molecular flexibility index (Phi) is 1.75. The molecule has 10 heavy (non-hydrogen) atoms. The predicted octanol–water partition coefficient (Wildman–Crippen LogP) is -0.985. The van der Waals surface area contributed by atoms with Gasteiger partial charge < -0.3 is 5.32 Å². The largest absolute Gasteiger partial charge is 0.336 e. The van der Waals surface area contributed by atoms with Gasteiger partial charge >= 0.3 is 6.03 Å². The van der Waals surface area contributed by atoms with Crippen molar-refractivity contribution in [3.05, 3.63) is 0 Å². The molecular weight excluding hydrogens is 134 g/mol. The van der Waals surface area contributed by atoms with Crippen LogP contribution in [0.3, 0.4) is 0 Å². The molecular formula is C5H9N3O2. The number of hydrogen-bond donors (Lipinski definition) is 1. The minimum Gasteiger partial charge on any atom is -0.335 e. The number of urea groups is 1. The van der Waals surface area contributed by atoms with Gasteiger partial charge in [-0.2, -0.15) is 0 Å². The van der Waals surface area contributed by atoms with Crippen molar-refractivity contribution in [1.29, 1.82) is 0 Å². The van der Waals surface area contributed by atoms with Crippen LogP contribution >= 0.6 is 0 Å². The first-order valence-corrected chi connectivity index (χ1v) is 2.99. The standard InChI is InChI=1S/C5H9N3O2/c1-7(4-9)8-3-2-6-5(8)10/h4H,2-3H2,1H3,(H,6,10). The van der Waals surface area contributed by atoms with E-state index in [0.717, 1.165) is 0 Å². The molecule has 0 bridgehead atoms. The lowest BCUT2D eigenvalue weighted by molar-refractivity contribution is -0.126. The van der Waals surface area contributed by atoms with E-state index in [0.29, 0.717) is 19.5 Å². The zero-order valence-electron chi connectivity index (χ0n) is 5.70. The Bertz CT molecular complexity index is 159. The first kappa shape index (κ1) is 6.85. The molecule has 0 aromatic carbocycles. The van der Waals surface area contributed by atoms with E-state index in [4.69, 9.17) is 0 Å².